The Morgan fingerprint density at radius 1 is 1.05 bits per heavy atom. The molecule has 0 radical (unpaired) electrons. The number of halogens is 2. The van der Waals surface area contributed by atoms with Gasteiger partial charge in [0.15, 0.2) is 17.4 Å². The summed E-state index contributed by atoms with van der Waals surface area (Å²) in [6, 6.07) is 6.78. The summed E-state index contributed by atoms with van der Waals surface area (Å²) in [6.45, 7) is 0.973. The van der Waals surface area contributed by atoms with E-state index in [2.05, 4.69) is 0 Å². The minimum absolute atomic E-state index is 0.0391. The van der Waals surface area contributed by atoms with Crippen LogP contribution in [0.3, 0.4) is 0 Å². The fraction of sp³-hybridized carbons (Fsp3) is 0.133. The van der Waals surface area contributed by atoms with Gasteiger partial charge in [-0.3, -0.25) is 4.79 Å². The number of carbonyl (C=O) groups is 1. The first-order chi connectivity index (χ1) is 9.56. The van der Waals surface area contributed by atoms with E-state index in [1.165, 1.54) is 0 Å². The molecule has 5 heteroatoms. The zero-order valence-electron chi connectivity index (χ0n) is 10.5. The molecule has 2 N–H and O–H groups in total. The Balaban J connectivity index is 2.03. The maximum absolute atomic E-state index is 13.3. The third kappa shape index (κ3) is 2.06. The van der Waals surface area contributed by atoms with E-state index < -0.39 is 17.4 Å². The Kier molecular flexibility index (Phi) is 2.99. The van der Waals surface area contributed by atoms with E-state index in [4.69, 9.17) is 10.5 Å². The van der Waals surface area contributed by atoms with E-state index >= 15 is 0 Å². The molecule has 0 fully saturated rings. The Morgan fingerprint density at radius 3 is 2.55 bits per heavy atom. The average Bonchev–Trinajstić information content (AvgIpc) is 2.89. The first-order valence-electron chi connectivity index (χ1n) is 6.05. The molecule has 0 unspecified atom stereocenters. The van der Waals surface area contributed by atoms with Crippen molar-refractivity contribution in [2.75, 3.05) is 5.73 Å². The predicted octanol–water partition coefficient (Wildman–Crippen LogP) is 2.81. The Hall–Kier alpha value is -2.27. The molecule has 0 saturated heterocycles. The van der Waals surface area contributed by atoms with Crippen molar-refractivity contribution in [2.45, 2.75) is 13.2 Å². The molecule has 0 bridgehead atoms. The Bertz CT molecular complexity index is 713. The van der Waals surface area contributed by atoms with Crippen LogP contribution < -0.4 is 5.73 Å². The van der Waals surface area contributed by atoms with Gasteiger partial charge in [0.25, 0.3) is 0 Å². The third-order valence-corrected chi connectivity index (χ3v) is 3.32. The first kappa shape index (κ1) is 12.7. The highest BCUT2D eigenvalue weighted by molar-refractivity contribution is 6.12. The molecule has 3 rings (SSSR count). The minimum atomic E-state index is -1.09. The number of nitrogens with two attached hydrogens (primary N) is 1. The van der Waals surface area contributed by atoms with E-state index in [-0.39, 0.29) is 11.3 Å². The van der Waals surface area contributed by atoms with Crippen molar-refractivity contribution < 1.29 is 18.3 Å². The molecule has 3 nitrogen and oxygen atoms in total. The van der Waals surface area contributed by atoms with E-state index in [9.17, 15) is 13.6 Å². The zero-order chi connectivity index (χ0) is 14.3. The van der Waals surface area contributed by atoms with Crippen LogP contribution >= 0.6 is 0 Å². The van der Waals surface area contributed by atoms with Crippen LogP contribution in [0.25, 0.3) is 0 Å². The molecule has 0 aromatic heterocycles. The molecule has 20 heavy (non-hydrogen) atoms. The molecule has 0 aliphatic carbocycles. The van der Waals surface area contributed by atoms with E-state index in [0.717, 1.165) is 23.3 Å². The SMILES string of the molecule is Nc1cc(F)c(F)cc1C(=O)c1ccc2c(c1)COC2. The van der Waals surface area contributed by atoms with Gasteiger partial charge in [0.1, 0.15) is 0 Å². The van der Waals surface area contributed by atoms with Crippen LogP contribution in [0, 0.1) is 11.6 Å². The van der Waals surface area contributed by atoms with Crippen LogP contribution in [-0.2, 0) is 18.0 Å². The van der Waals surface area contributed by atoms with E-state index in [1.54, 1.807) is 18.2 Å². The van der Waals surface area contributed by atoms with Crippen LogP contribution in [0.2, 0.25) is 0 Å². The second-order valence-corrected chi connectivity index (χ2v) is 4.66. The summed E-state index contributed by atoms with van der Waals surface area (Å²) in [5.74, 6) is -2.59. The van der Waals surface area contributed by atoms with Crippen LogP contribution in [0.15, 0.2) is 30.3 Å². The molecule has 2 aromatic rings. The number of carbonyl (C=O) groups excluding carboxylic acids is 1. The number of nitrogen functional groups attached to an aromatic ring is 1. The summed E-state index contributed by atoms with van der Waals surface area (Å²) in [4.78, 5) is 12.3. The van der Waals surface area contributed by atoms with Crippen molar-refractivity contribution in [3.05, 3.63) is 64.2 Å². The second kappa shape index (κ2) is 4.68. The molecule has 1 heterocycles. The number of fused-ring (bicyclic) bond motifs is 1. The number of rotatable bonds is 2. The fourth-order valence-corrected chi connectivity index (χ4v) is 2.23. The smallest absolute Gasteiger partial charge is 0.195 e. The lowest BCUT2D eigenvalue weighted by atomic mass is 9.98. The summed E-state index contributed by atoms with van der Waals surface area (Å²) in [7, 11) is 0. The third-order valence-electron chi connectivity index (χ3n) is 3.32. The van der Waals surface area contributed by atoms with Crippen LogP contribution in [0.5, 0.6) is 0 Å². The molecule has 102 valence electrons. The number of hydrogen-bond donors (Lipinski definition) is 1. The lowest BCUT2D eigenvalue weighted by Crippen LogP contribution is -2.07. The molecule has 1 aliphatic rings. The maximum atomic E-state index is 13.3. The molecule has 1 aliphatic heterocycles. The lowest BCUT2D eigenvalue weighted by Gasteiger charge is -2.07. The zero-order valence-corrected chi connectivity index (χ0v) is 10.5. The van der Waals surface area contributed by atoms with Crippen molar-refractivity contribution in [1.29, 1.82) is 0 Å². The first-order valence-corrected chi connectivity index (χ1v) is 6.05. The minimum Gasteiger partial charge on any atom is -0.398 e. The molecule has 0 atom stereocenters. The molecule has 0 saturated carbocycles. The summed E-state index contributed by atoms with van der Waals surface area (Å²) in [5.41, 5.74) is 7.81. The van der Waals surface area contributed by atoms with Crippen LogP contribution in [-0.4, -0.2) is 5.78 Å². The number of anilines is 1. The van der Waals surface area contributed by atoms with Gasteiger partial charge in [-0.2, -0.15) is 0 Å². The van der Waals surface area contributed by atoms with Crippen molar-refractivity contribution in [1.82, 2.24) is 0 Å². The molecule has 0 spiro atoms. The van der Waals surface area contributed by atoms with Crippen molar-refractivity contribution in [2.24, 2.45) is 0 Å². The van der Waals surface area contributed by atoms with E-state index in [0.29, 0.717) is 18.8 Å². The lowest BCUT2D eigenvalue weighted by molar-refractivity contribution is 0.103. The summed E-state index contributed by atoms with van der Waals surface area (Å²) >= 11 is 0. The normalized spacial score (nSPS) is 13.3. The van der Waals surface area contributed by atoms with Gasteiger partial charge in [0.05, 0.1) is 13.2 Å². The highest BCUT2D eigenvalue weighted by Crippen LogP contribution is 2.24. The molecular weight excluding hydrogens is 264 g/mol. The fourth-order valence-electron chi connectivity index (χ4n) is 2.23. The van der Waals surface area contributed by atoms with Gasteiger partial charge < -0.3 is 10.5 Å². The molecule has 2 aromatic carbocycles. The summed E-state index contributed by atoms with van der Waals surface area (Å²) in [6.07, 6.45) is 0. The largest absolute Gasteiger partial charge is 0.398 e. The van der Waals surface area contributed by atoms with Crippen molar-refractivity contribution in [3.63, 3.8) is 0 Å². The Labute approximate surface area is 114 Å². The molecular formula is C15H11F2NO2. The highest BCUT2D eigenvalue weighted by atomic mass is 19.2. The van der Waals surface area contributed by atoms with Crippen molar-refractivity contribution in [3.8, 4) is 0 Å². The second-order valence-electron chi connectivity index (χ2n) is 4.66. The maximum Gasteiger partial charge on any atom is 0.195 e. The van der Waals surface area contributed by atoms with Gasteiger partial charge in [-0.15, -0.1) is 0 Å². The van der Waals surface area contributed by atoms with E-state index in [1.807, 2.05) is 0 Å². The monoisotopic (exact) mass is 275 g/mol. The number of benzene rings is 2. The Morgan fingerprint density at radius 2 is 1.75 bits per heavy atom. The van der Waals surface area contributed by atoms with Gasteiger partial charge >= 0.3 is 0 Å². The predicted molar refractivity (Wildman–Crippen MR) is 69.1 cm³/mol. The highest BCUT2D eigenvalue weighted by Gasteiger charge is 2.19. The van der Waals surface area contributed by atoms with Gasteiger partial charge in [0.2, 0.25) is 0 Å². The van der Waals surface area contributed by atoms with Crippen LogP contribution in [0.1, 0.15) is 27.0 Å². The van der Waals surface area contributed by atoms with Gasteiger partial charge in [-0.1, -0.05) is 12.1 Å². The number of ether oxygens (including phenoxy) is 1. The number of ketones is 1. The number of hydrogen-bond acceptors (Lipinski definition) is 3. The van der Waals surface area contributed by atoms with Crippen LogP contribution in [0.4, 0.5) is 14.5 Å². The summed E-state index contributed by atoms with van der Waals surface area (Å²) in [5, 5.41) is 0. The quantitative estimate of drug-likeness (QED) is 0.677. The molecule has 0 amide bonds. The summed E-state index contributed by atoms with van der Waals surface area (Å²) < 4.78 is 31.5. The topological polar surface area (TPSA) is 52.3 Å². The van der Waals surface area contributed by atoms with Gasteiger partial charge in [-0.25, -0.2) is 8.78 Å². The average molecular weight is 275 g/mol. The van der Waals surface area contributed by atoms with Gasteiger partial charge in [-0.05, 0) is 23.3 Å². The van der Waals surface area contributed by atoms with Crippen molar-refractivity contribution >= 4 is 11.5 Å². The standard InChI is InChI=1S/C15H11F2NO2/c16-12-4-11(14(18)5-13(12)17)15(19)8-1-2-9-6-20-7-10(9)3-8/h1-5H,6-7,18H2. The van der Waals surface area contributed by atoms with Gasteiger partial charge in [0, 0.05) is 22.9 Å².